The average Bonchev–Trinajstić information content (AvgIpc) is 2.80. The molecule has 0 saturated heterocycles. The van der Waals surface area contributed by atoms with Gasteiger partial charge in [0.1, 0.15) is 5.75 Å². The lowest BCUT2D eigenvalue weighted by Crippen LogP contribution is -2.13. The van der Waals surface area contributed by atoms with Gasteiger partial charge in [0.25, 0.3) is 5.91 Å². The molecular formula is C25H25NO6. The first-order valence-corrected chi connectivity index (χ1v) is 9.87. The molecule has 166 valence electrons. The van der Waals surface area contributed by atoms with Gasteiger partial charge in [0.2, 0.25) is 5.75 Å². The Kier molecular flexibility index (Phi) is 7.00. The summed E-state index contributed by atoms with van der Waals surface area (Å²) in [6.07, 6.45) is 0. The molecule has 0 saturated carbocycles. The summed E-state index contributed by atoms with van der Waals surface area (Å²) in [6.45, 7) is 3.90. The minimum atomic E-state index is -0.600. The average molecular weight is 435 g/mol. The van der Waals surface area contributed by atoms with Crippen LogP contribution in [0.4, 0.5) is 5.69 Å². The molecule has 0 aliphatic heterocycles. The van der Waals surface area contributed by atoms with E-state index in [9.17, 15) is 9.59 Å². The topological polar surface area (TPSA) is 83.1 Å². The summed E-state index contributed by atoms with van der Waals surface area (Å²) < 4.78 is 21.2. The number of aryl methyl sites for hydroxylation is 2. The molecule has 3 aromatic rings. The van der Waals surface area contributed by atoms with Crippen molar-refractivity contribution in [3.8, 4) is 23.0 Å². The molecule has 3 rings (SSSR count). The van der Waals surface area contributed by atoms with Crippen molar-refractivity contribution in [2.45, 2.75) is 13.8 Å². The van der Waals surface area contributed by atoms with Crippen LogP contribution >= 0.6 is 0 Å². The van der Waals surface area contributed by atoms with Gasteiger partial charge in [0.15, 0.2) is 11.5 Å². The number of ether oxygens (including phenoxy) is 4. The lowest BCUT2D eigenvalue weighted by Gasteiger charge is -2.14. The van der Waals surface area contributed by atoms with Gasteiger partial charge in [-0.15, -0.1) is 0 Å². The first-order valence-electron chi connectivity index (χ1n) is 9.87. The molecule has 0 atom stereocenters. The van der Waals surface area contributed by atoms with Crippen LogP contribution < -0.4 is 24.3 Å². The quantitative estimate of drug-likeness (QED) is 0.424. The Morgan fingerprint density at radius 2 is 1.38 bits per heavy atom. The van der Waals surface area contributed by atoms with Crippen LogP contribution in [0.25, 0.3) is 0 Å². The van der Waals surface area contributed by atoms with Crippen LogP contribution in [0.5, 0.6) is 23.0 Å². The van der Waals surface area contributed by atoms with Gasteiger partial charge >= 0.3 is 5.97 Å². The van der Waals surface area contributed by atoms with Crippen molar-refractivity contribution in [3.05, 3.63) is 76.9 Å². The van der Waals surface area contributed by atoms with E-state index < -0.39 is 5.97 Å². The van der Waals surface area contributed by atoms with Crippen LogP contribution in [-0.2, 0) is 0 Å². The van der Waals surface area contributed by atoms with Crippen LogP contribution in [0, 0.1) is 13.8 Å². The number of methoxy groups -OCH3 is 3. The Morgan fingerprint density at radius 3 is 1.94 bits per heavy atom. The van der Waals surface area contributed by atoms with Gasteiger partial charge in [0, 0.05) is 11.3 Å². The van der Waals surface area contributed by atoms with Crippen molar-refractivity contribution in [1.82, 2.24) is 0 Å². The van der Waals surface area contributed by atoms with Gasteiger partial charge in [-0.3, -0.25) is 4.79 Å². The number of amides is 1. The fourth-order valence-electron chi connectivity index (χ4n) is 3.10. The molecule has 32 heavy (non-hydrogen) atoms. The van der Waals surface area contributed by atoms with Gasteiger partial charge in [-0.2, -0.15) is 0 Å². The molecule has 0 aromatic heterocycles. The third-order valence-electron chi connectivity index (χ3n) is 4.87. The predicted octanol–water partition coefficient (Wildman–Crippen LogP) is 4.80. The second-order valence-corrected chi connectivity index (χ2v) is 7.10. The molecule has 0 radical (unpaired) electrons. The molecule has 3 aromatic carbocycles. The first kappa shape index (κ1) is 22.7. The maximum atomic E-state index is 12.6. The Hall–Kier alpha value is -4.00. The molecular weight excluding hydrogens is 410 g/mol. The van der Waals surface area contributed by atoms with E-state index in [1.807, 2.05) is 32.0 Å². The van der Waals surface area contributed by atoms with Crippen molar-refractivity contribution >= 4 is 17.6 Å². The highest BCUT2D eigenvalue weighted by molar-refractivity contribution is 6.04. The Morgan fingerprint density at radius 1 is 0.750 bits per heavy atom. The molecule has 1 N–H and O–H groups in total. The highest BCUT2D eigenvalue weighted by Gasteiger charge is 2.18. The van der Waals surface area contributed by atoms with E-state index in [4.69, 9.17) is 18.9 Å². The number of anilines is 1. The van der Waals surface area contributed by atoms with E-state index in [0.717, 1.165) is 16.8 Å². The van der Waals surface area contributed by atoms with Crippen LogP contribution in [0.1, 0.15) is 31.8 Å². The van der Waals surface area contributed by atoms with Crippen molar-refractivity contribution in [1.29, 1.82) is 0 Å². The fourth-order valence-corrected chi connectivity index (χ4v) is 3.10. The normalized spacial score (nSPS) is 10.3. The highest BCUT2D eigenvalue weighted by Crippen LogP contribution is 2.38. The summed E-state index contributed by atoms with van der Waals surface area (Å²) in [7, 11) is 4.42. The summed E-state index contributed by atoms with van der Waals surface area (Å²) in [6, 6.07) is 15.2. The van der Waals surface area contributed by atoms with Gasteiger partial charge < -0.3 is 24.3 Å². The van der Waals surface area contributed by atoms with E-state index >= 15 is 0 Å². The van der Waals surface area contributed by atoms with E-state index in [0.29, 0.717) is 28.6 Å². The molecule has 0 fully saturated rings. The maximum absolute atomic E-state index is 12.6. The molecule has 0 heterocycles. The predicted molar refractivity (Wildman–Crippen MR) is 121 cm³/mol. The Bertz CT molecular complexity index is 1110. The SMILES string of the molecule is COc1cc(C(=O)Oc2ccc(C(=O)Nc3cc(C)ccc3C)cc2)cc(OC)c1OC. The van der Waals surface area contributed by atoms with Crippen molar-refractivity contribution < 1.29 is 28.5 Å². The smallest absolute Gasteiger partial charge is 0.343 e. The van der Waals surface area contributed by atoms with Crippen molar-refractivity contribution in [2.24, 2.45) is 0 Å². The van der Waals surface area contributed by atoms with E-state index in [2.05, 4.69) is 5.32 Å². The third-order valence-corrected chi connectivity index (χ3v) is 4.87. The van der Waals surface area contributed by atoms with Crippen molar-refractivity contribution in [2.75, 3.05) is 26.6 Å². The summed E-state index contributed by atoms with van der Waals surface area (Å²) in [5.41, 5.74) is 3.46. The largest absolute Gasteiger partial charge is 0.493 e. The maximum Gasteiger partial charge on any atom is 0.343 e. The van der Waals surface area contributed by atoms with Gasteiger partial charge in [0.05, 0.1) is 26.9 Å². The van der Waals surface area contributed by atoms with E-state index in [1.54, 1.807) is 24.3 Å². The zero-order valence-electron chi connectivity index (χ0n) is 18.6. The number of carbonyl (C=O) groups is 2. The van der Waals surface area contributed by atoms with E-state index in [1.165, 1.54) is 33.5 Å². The lowest BCUT2D eigenvalue weighted by atomic mass is 10.1. The molecule has 0 aliphatic carbocycles. The first-order chi connectivity index (χ1) is 15.4. The third kappa shape index (κ3) is 5.00. The molecule has 1 amide bonds. The van der Waals surface area contributed by atoms with Crippen molar-refractivity contribution in [3.63, 3.8) is 0 Å². The summed E-state index contributed by atoms with van der Waals surface area (Å²) in [5.74, 6) is 0.519. The zero-order valence-corrected chi connectivity index (χ0v) is 18.6. The molecule has 7 heteroatoms. The highest BCUT2D eigenvalue weighted by atomic mass is 16.5. The molecule has 0 spiro atoms. The van der Waals surface area contributed by atoms with Gasteiger partial charge in [-0.05, 0) is 67.4 Å². The molecule has 7 nitrogen and oxygen atoms in total. The fraction of sp³-hybridized carbons (Fsp3) is 0.200. The van der Waals surface area contributed by atoms with Crippen LogP contribution in [-0.4, -0.2) is 33.2 Å². The summed E-state index contributed by atoms with van der Waals surface area (Å²) in [5, 5.41) is 2.90. The Labute approximate surface area is 186 Å². The molecule has 0 unspecified atom stereocenters. The number of hydrogen-bond acceptors (Lipinski definition) is 6. The summed E-state index contributed by atoms with van der Waals surface area (Å²) in [4.78, 5) is 25.2. The zero-order chi connectivity index (χ0) is 23.3. The second kappa shape index (κ2) is 9.87. The number of rotatable bonds is 7. The molecule has 0 aliphatic rings. The number of hydrogen-bond donors (Lipinski definition) is 1. The molecule has 0 bridgehead atoms. The number of carbonyl (C=O) groups excluding carboxylic acids is 2. The van der Waals surface area contributed by atoms with Gasteiger partial charge in [-0.25, -0.2) is 4.79 Å². The minimum Gasteiger partial charge on any atom is -0.493 e. The Balaban J connectivity index is 1.73. The van der Waals surface area contributed by atoms with Crippen LogP contribution in [0.3, 0.4) is 0 Å². The number of benzene rings is 3. The minimum absolute atomic E-state index is 0.233. The lowest BCUT2D eigenvalue weighted by molar-refractivity contribution is 0.0733. The van der Waals surface area contributed by atoms with Gasteiger partial charge in [-0.1, -0.05) is 12.1 Å². The van der Waals surface area contributed by atoms with Crippen LogP contribution in [0.2, 0.25) is 0 Å². The number of nitrogens with one attached hydrogen (secondary N) is 1. The monoisotopic (exact) mass is 435 g/mol. The standard InChI is InChI=1S/C25H25NO6/c1-15-6-7-16(2)20(12-15)26-24(27)17-8-10-19(11-9-17)32-25(28)18-13-21(29-3)23(31-5)22(14-18)30-4/h6-14H,1-5H3,(H,26,27). The van der Waals surface area contributed by atoms with E-state index in [-0.39, 0.29) is 11.5 Å². The second-order valence-electron chi connectivity index (χ2n) is 7.10. The van der Waals surface area contributed by atoms with Crippen LogP contribution in [0.15, 0.2) is 54.6 Å². The number of esters is 1. The summed E-state index contributed by atoms with van der Waals surface area (Å²) >= 11 is 0.